The number of rotatable bonds is 6. The Kier molecular flexibility index (Phi) is 5.09. The summed E-state index contributed by atoms with van der Waals surface area (Å²) in [5.41, 5.74) is 2.05. The molecule has 1 aromatic carbocycles. The molecule has 4 aromatic rings. The van der Waals surface area contributed by atoms with Gasteiger partial charge >= 0.3 is 5.69 Å². The molecule has 8 nitrogen and oxygen atoms in total. The van der Waals surface area contributed by atoms with Crippen molar-refractivity contribution in [2.45, 2.75) is 13.0 Å². The fraction of sp³-hybridized carbons (Fsp3) is 0.190. The molecular formula is C21H20FN5O3. The molecule has 0 bridgehead atoms. The average molecular weight is 409 g/mol. The van der Waals surface area contributed by atoms with Crippen molar-refractivity contribution in [1.82, 2.24) is 24.3 Å². The lowest BCUT2D eigenvalue weighted by Crippen LogP contribution is -2.26. The molecule has 0 aliphatic carbocycles. The lowest BCUT2D eigenvalue weighted by atomic mass is 10.1. The van der Waals surface area contributed by atoms with Gasteiger partial charge in [0.15, 0.2) is 11.6 Å². The number of nitrogens with one attached hydrogen (secondary N) is 1. The van der Waals surface area contributed by atoms with E-state index < -0.39 is 5.82 Å². The Morgan fingerprint density at radius 3 is 2.67 bits per heavy atom. The summed E-state index contributed by atoms with van der Waals surface area (Å²) in [5, 5.41) is 6.69. The number of methoxy groups -OCH3 is 2. The molecule has 0 radical (unpaired) electrons. The van der Waals surface area contributed by atoms with Crippen LogP contribution in [0.3, 0.4) is 0 Å². The van der Waals surface area contributed by atoms with E-state index in [9.17, 15) is 9.18 Å². The summed E-state index contributed by atoms with van der Waals surface area (Å²) in [6.45, 7) is 1.86. The van der Waals surface area contributed by atoms with E-state index in [1.165, 1.54) is 24.9 Å². The van der Waals surface area contributed by atoms with Crippen LogP contribution in [0.4, 0.5) is 4.39 Å². The Hall–Kier alpha value is -3.88. The van der Waals surface area contributed by atoms with E-state index in [2.05, 4.69) is 15.2 Å². The molecule has 30 heavy (non-hydrogen) atoms. The molecule has 4 rings (SSSR count). The fourth-order valence-corrected chi connectivity index (χ4v) is 3.29. The fourth-order valence-electron chi connectivity index (χ4n) is 3.29. The molecule has 1 atom stereocenters. The van der Waals surface area contributed by atoms with Crippen LogP contribution in [-0.2, 0) is 0 Å². The van der Waals surface area contributed by atoms with E-state index in [-0.39, 0.29) is 17.5 Å². The maximum Gasteiger partial charge on any atom is 0.334 e. The molecule has 0 spiro atoms. The van der Waals surface area contributed by atoms with Crippen molar-refractivity contribution < 1.29 is 13.9 Å². The standard InChI is InChI=1S/C21H20FN5O3/c1-13(14-4-6-17(22)18(10-14)29-2)26-8-9-27(21(26)28)19-7-5-16(20(25-19)30-3)15-11-23-24-12-15/h4-13H,1-3H3,(H,23,24). The van der Waals surface area contributed by atoms with Gasteiger partial charge in [-0.3, -0.25) is 14.2 Å². The molecule has 1 N–H and O–H groups in total. The van der Waals surface area contributed by atoms with E-state index in [1.54, 1.807) is 47.6 Å². The first-order chi connectivity index (χ1) is 14.5. The lowest BCUT2D eigenvalue weighted by Gasteiger charge is -2.14. The van der Waals surface area contributed by atoms with Gasteiger partial charge in [0.05, 0.1) is 26.5 Å². The number of nitrogens with zero attached hydrogens (tertiary/aromatic N) is 4. The van der Waals surface area contributed by atoms with Crippen molar-refractivity contribution >= 4 is 0 Å². The average Bonchev–Trinajstić information content (AvgIpc) is 3.43. The van der Waals surface area contributed by atoms with E-state index in [0.717, 1.165) is 16.7 Å². The maximum absolute atomic E-state index is 13.7. The summed E-state index contributed by atoms with van der Waals surface area (Å²) in [6, 6.07) is 7.78. The number of hydrogen-bond acceptors (Lipinski definition) is 5. The van der Waals surface area contributed by atoms with Crippen LogP contribution in [-0.4, -0.2) is 38.5 Å². The molecule has 0 aliphatic rings. The van der Waals surface area contributed by atoms with Gasteiger partial charge < -0.3 is 9.47 Å². The molecule has 0 saturated heterocycles. The monoisotopic (exact) mass is 409 g/mol. The molecule has 0 fully saturated rings. The third-order valence-electron chi connectivity index (χ3n) is 4.97. The predicted molar refractivity (Wildman–Crippen MR) is 109 cm³/mol. The van der Waals surface area contributed by atoms with Gasteiger partial charge in [0, 0.05) is 29.7 Å². The second-order valence-corrected chi connectivity index (χ2v) is 6.64. The number of imidazole rings is 1. The van der Waals surface area contributed by atoms with Gasteiger partial charge in [-0.25, -0.2) is 9.18 Å². The molecule has 3 heterocycles. The van der Waals surface area contributed by atoms with Gasteiger partial charge in [-0.15, -0.1) is 0 Å². The molecule has 0 saturated carbocycles. The van der Waals surface area contributed by atoms with Crippen molar-refractivity contribution in [3.63, 3.8) is 0 Å². The van der Waals surface area contributed by atoms with Crippen molar-refractivity contribution in [3.8, 4) is 28.6 Å². The highest BCUT2D eigenvalue weighted by molar-refractivity contribution is 5.67. The minimum absolute atomic E-state index is 0.132. The summed E-state index contributed by atoms with van der Waals surface area (Å²) >= 11 is 0. The van der Waals surface area contributed by atoms with Crippen LogP contribution in [0.5, 0.6) is 11.6 Å². The molecule has 0 amide bonds. The number of ether oxygens (including phenoxy) is 2. The zero-order valence-electron chi connectivity index (χ0n) is 16.7. The van der Waals surface area contributed by atoms with Gasteiger partial charge in [0.2, 0.25) is 5.88 Å². The van der Waals surface area contributed by atoms with Crippen LogP contribution in [0.1, 0.15) is 18.5 Å². The third kappa shape index (κ3) is 3.34. The van der Waals surface area contributed by atoms with Crippen molar-refractivity contribution in [2.75, 3.05) is 14.2 Å². The SMILES string of the molecule is COc1cc(C(C)n2ccn(-c3ccc(-c4cn[nH]c4)c(OC)n3)c2=O)ccc1F. The number of benzene rings is 1. The van der Waals surface area contributed by atoms with Gasteiger partial charge in [-0.1, -0.05) is 6.07 Å². The van der Waals surface area contributed by atoms with Crippen molar-refractivity contribution in [3.05, 3.63) is 77.0 Å². The molecule has 1 unspecified atom stereocenters. The number of aromatic nitrogens is 5. The smallest absolute Gasteiger partial charge is 0.334 e. The topological polar surface area (TPSA) is 87.0 Å². The van der Waals surface area contributed by atoms with Gasteiger partial charge in [0.1, 0.15) is 5.82 Å². The molecule has 9 heteroatoms. The van der Waals surface area contributed by atoms with Crippen molar-refractivity contribution in [1.29, 1.82) is 0 Å². The quantitative estimate of drug-likeness (QED) is 0.529. The molecular weight excluding hydrogens is 389 g/mol. The summed E-state index contributed by atoms with van der Waals surface area (Å²) in [5.74, 6) is 0.483. The molecule has 3 aromatic heterocycles. The maximum atomic E-state index is 13.7. The van der Waals surface area contributed by atoms with E-state index in [0.29, 0.717) is 11.7 Å². The van der Waals surface area contributed by atoms with E-state index in [4.69, 9.17) is 9.47 Å². The minimum atomic E-state index is -0.452. The Labute approximate surface area is 171 Å². The zero-order valence-corrected chi connectivity index (χ0v) is 16.7. The Balaban J connectivity index is 1.71. The largest absolute Gasteiger partial charge is 0.494 e. The van der Waals surface area contributed by atoms with E-state index in [1.807, 2.05) is 13.0 Å². The number of hydrogen-bond donors (Lipinski definition) is 1. The highest BCUT2D eigenvalue weighted by Gasteiger charge is 2.17. The lowest BCUT2D eigenvalue weighted by molar-refractivity contribution is 0.385. The van der Waals surface area contributed by atoms with Crippen LogP contribution >= 0.6 is 0 Å². The molecule has 154 valence electrons. The Morgan fingerprint density at radius 2 is 1.97 bits per heavy atom. The van der Waals surface area contributed by atoms with Gasteiger partial charge in [-0.05, 0) is 36.8 Å². The summed E-state index contributed by atoms with van der Waals surface area (Å²) in [4.78, 5) is 17.5. The number of aromatic amines is 1. The highest BCUT2D eigenvalue weighted by atomic mass is 19.1. The van der Waals surface area contributed by atoms with Gasteiger partial charge in [-0.2, -0.15) is 10.1 Å². The Bertz CT molecular complexity index is 1230. The summed E-state index contributed by atoms with van der Waals surface area (Å²) < 4.78 is 27.2. The highest BCUT2D eigenvalue weighted by Crippen LogP contribution is 2.28. The molecule has 0 aliphatic heterocycles. The second-order valence-electron chi connectivity index (χ2n) is 6.64. The van der Waals surface area contributed by atoms with Crippen LogP contribution in [0.15, 0.2) is 59.9 Å². The predicted octanol–water partition coefficient (Wildman–Crippen LogP) is 3.19. The Morgan fingerprint density at radius 1 is 1.13 bits per heavy atom. The van der Waals surface area contributed by atoms with E-state index >= 15 is 0 Å². The number of pyridine rings is 1. The summed E-state index contributed by atoms with van der Waals surface area (Å²) in [7, 11) is 2.93. The van der Waals surface area contributed by atoms with Crippen LogP contribution in [0.25, 0.3) is 16.9 Å². The van der Waals surface area contributed by atoms with Gasteiger partial charge in [0.25, 0.3) is 0 Å². The third-order valence-corrected chi connectivity index (χ3v) is 4.97. The number of halogens is 1. The summed E-state index contributed by atoms with van der Waals surface area (Å²) in [6.07, 6.45) is 6.71. The normalized spacial score (nSPS) is 12.0. The first-order valence-electron chi connectivity index (χ1n) is 9.21. The first-order valence-corrected chi connectivity index (χ1v) is 9.21. The zero-order chi connectivity index (χ0) is 21.3. The van der Waals surface area contributed by atoms with Crippen LogP contribution in [0.2, 0.25) is 0 Å². The van der Waals surface area contributed by atoms with Crippen LogP contribution in [0, 0.1) is 5.82 Å². The second kappa shape index (κ2) is 7.86. The minimum Gasteiger partial charge on any atom is -0.494 e. The number of H-pyrrole nitrogens is 1. The van der Waals surface area contributed by atoms with Crippen molar-refractivity contribution in [2.24, 2.45) is 0 Å². The van der Waals surface area contributed by atoms with Crippen LogP contribution < -0.4 is 15.2 Å². The first kappa shape index (κ1) is 19.4.